The Hall–Kier alpha value is -2.52. The second kappa shape index (κ2) is 10.7. The SMILES string of the molecule is C=C(OO)N1C(=O)C(=CC=C2Oc3ccc(C)cc3[N+]23CCC3S(=O)(=O)[O-])C(=O)N(CCCC)C1=O.[Na+]. The second-order valence-corrected chi connectivity index (χ2v) is 10.2. The molecule has 1 N–H and O–H groups in total. The summed E-state index contributed by atoms with van der Waals surface area (Å²) < 4.78 is 41.7. The number of imide groups is 2. The van der Waals surface area contributed by atoms with E-state index in [4.69, 9.17) is 9.99 Å². The summed E-state index contributed by atoms with van der Waals surface area (Å²) in [5.74, 6) is -2.28. The molecule has 1 spiro atoms. The molecule has 12 nitrogen and oxygen atoms in total. The summed E-state index contributed by atoms with van der Waals surface area (Å²) >= 11 is 0. The summed E-state index contributed by atoms with van der Waals surface area (Å²) in [7, 11) is -4.73. The predicted octanol–water partition coefficient (Wildman–Crippen LogP) is -0.707. The molecule has 192 valence electrons. The minimum absolute atomic E-state index is 0. The van der Waals surface area contributed by atoms with Crippen LogP contribution in [0.4, 0.5) is 10.5 Å². The van der Waals surface area contributed by atoms with Crippen molar-refractivity contribution in [2.75, 3.05) is 13.1 Å². The first-order valence-corrected chi connectivity index (χ1v) is 12.7. The fourth-order valence-electron chi connectivity index (χ4n) is 4.61. The molecule has 37 heavy (non-hydrogen) atoms. The van der Waals surface area contributed by atoms with Gasteiger partial charge in [-0.2, -0.15) is 4.90 Å². The molecule has 2 fully saturated rings. The number of carbonyl (C=O) groups excluding carboxylic acids is 3. The normalized spacial score (nSPS) is 25.2. The van der Waals surface area contributed by atoms with E-state index in [9.17, 15) is 27.4 Å². The van der Waals surface area contributed by atoms with Crippen LogP contribution in [0, 0.1) is 6.92 Å². The molecule has 0 radical (unpaired) electrons. The van der Waals surface area contributed by atoms with E-state index < -0.39 is 49.3 Å². The third-order valence-corrected chi connectivity index (χ3v) is 7.78. The molecule has 2 saturated heterocycles. The number of hydrogen-bond donors (Lipinski definition) is 1. The topological polar surface area (TPSA) is 154 Å². The van der Waals surface area contributed by atoms with Crippen LogP contribution >= 0.6 is 0 Å². The number of quaternary nitrogens is 1. The average molecular weight is 543 g/mol. The van der Waals surface area contributed by atoms with Gasteiger partial charge >= 0.3 is 41.5 Å². The number of nitrogens with zero attached hydrogens (tertiary/aromatic N) is 3. The minimum atomic E-state index is -4.73. The van der Waals surface area contributed by atoms with E-state index in [0.29, 0.717) is 29.2 Å². The van der Waals surface area contributed by atoms with Crippen molar-refractivity contribution in [3.63, 3.8) is 0 Å². The Kier molecular flexibility index (Phi) is 8.39. The summed E-state index contributed by atoms with van der Waals surface area (Å²) in [6, 6.07) is 4.12. The number of carbonyl (C=O) groups is 3. The van der Waals surface area contributed by atoms with Gasteiger partial charge in [-0.1, -0.05) is 19.4 Å². The van der Waals surface area contributed by atoms with Crippen molar-refractivity contribution in [3.05, 3.63) is 59.8 Å². The fraction of sp³-hybridized carbons (Fsp3) is 0.348. The van der Waals surface area contributed by atoms with Crippen LogP contribution in [-0.2, 0) is 24.6 Å². The van der Waals surface area contributed by atoms with Gasteiger partial charge < -0.3 is 14.2 Å². The number of allylic oxidation sites excluding steroid dienone is 2. The Balaban J connectivity index is 0.00000380. The number of unbranched alkanes of at least 4 members (excludes halogenated alkanes) is 1. The van der Waals surface area contributed by atoms with E-state index >= 15 is 0 Å². The van der Waals surface area contributed by atoms with Gasteiger partial charge in [-0.15, -0.1) is 0 Å². The van der Waals surface area contributed by atoms with Gasteiger partial charge in [0.1, 0.15) is 5.57 Å². The van der Waals surface area contributed by atoms with E-state index in [1.807, 2.05) is 13.8 Å². The van der Waals surface area contributed by atoms with Crippen molar-refractivity contribution in [1.29, 1.82) is 0 Å². The Morgan fingerprint density at radius 3 is 2.57 bits per heavy atom. The van der Waals surface area contributed by atoms with Crippen molar-refractivity contribution in [1.82, 2.24) is 14.3 Å². The summed E-state index contributed by atoms with van der Waals surface area (Å²) in [4.78, 5) is 44.1. The van der Waals surface area contributed by atoms with Gasteiger partial charge in [0.25, 0.3) is 11.8 Å². The minimum Gasteiger partial charge on any atom is -0.743 e. The van der Waals surface area contributed by atoms with Crippen LogP contribution in [0.3, 0.4) is 0 Å². The first kappa shape index (κ1) is 29.0. The van der Waals surface area contributed by atoms with Crippen LogP contribution < -0.4 is 38.8 Å². The van der Waals surface area contributed by atoms with Gasteiger partial charge in [-0.3, -0.25) is 14.5 Å². The molecule has 3 aliphatic rings. The number of fused-ring (bicyclic) bond motifs is 2. The number of benzene rings is 1. The molecule has 4 rings (SSSR count). The predicted molar refractivity (Wildman–Crippen MR) is 124 cm³/mol. The fourth-order valence-corrected chi connectivity index (χ4v) is 5.77. The first-order valence-electron chi connectivity index (χ1n) is 11.2. The molecule has 14 heteroatoms. The van der Waals surface area contributed by atoms with Crippen molar-refractivity contribution < 1.29 is 71.8 Å². The van der Waals surface area contributed by atoms with E-state index in [1.54, 1.807) is 18.2 Å². The van der Waals surface area contributed by atoms with Crippen LogP contribution in [0.1, 0.15) is 31.7 Å². The van der Waals surface area contributed by atoms with Crippen LogP contribution in [0.25, 0.3) is 0 Å². The monoisotopic (exact) mass is 542 g/mol. The van der Waals surface area contributed by atoms with E-state index in [2.05, 4.69) is 11.5 Å². The molecular formula is C23H25N3NaO9S+. The maximum atomic E-state index is 13.1. The van der Waals surface area contributed by atoms with Crippen molar-refractivity contribution in [3.8, 4) is 5.75 Å². The molecule has 0 aromatic heterocycles. The molecule has 2 unspecified atom stereocenters. The van der Waals surface area contributed by atoms with Gasteiger partial charge in [0.05, 0.1) is 13.0 Å². The molecule has 0 saturated carbocycles. The number of urea groups is 1. The number of ether oxygens (including phenoxy) is 1. The molecule has 1 aromatic rings. The number of aryl methyl sites for hydroxylation is 1. The molecule has 3 heterocycles. The summed E-state index contributed by atoms with van der Waals surface area (Å²) in [5.41, 5.74) is 0.844. The van der Waals surface area contributed by atoms with Crippen LogP contribution in [0.5, 0.6) is 5.75 Å². The van der Waals surface area contributed by atoms with Crippen LogP contribution in [-0.4, -0.2) is 64.3 Å². The van der Waals surface area contributed by atoms with Gasteiger partial charge in [-0.05, 0) is 37.6 Å². The van der Waals surface area contributed by atoms with Gasteiger partial charge in [0, 0.05) is 18.7 Å². The zero-order chi connectivity index (χ0) is 26.4. The number of amides is 4. The number of hydrogen-bond acceptors (Lipinski definition) is 9. The average Bonchev–Trinajstić information content (AvgIpc) is 3.11. The molecule has 0 aliphatic carbocycles. The Morgan fingerprint density at radius 2 is 2.00 bits per heavy atom. The smallest absolute Gasteiger partial charge is 0.743 e. The molecule has 3 aliphatic heterocycles. The quantitative estimate of drug-likeness (QED) is 0.0688. The molecule has 0 bridgehead atoms. The van der Waals surface area contributed by atoms with Crippen molar-refractivity contribution in [2.24, 2.45) is 0 Å². The Bertz CT molecular complexity index is 1340. The maximum absolute atomic E-state index is 13.1. The largest absolute Gasteiger partial charge is 1.00 e. The summed E-state index contributed by atoms with van der Waals surface area (Å²) in [6.45, 7) is 7.25. The number of barbiturate groups is 1. The van der Waals surface area contributed by atoms with Gasteiger partial charge in [0.15, 0.2) is 26.9 Å². The van der Waals surface area contributed by atoms with Gasteiger partial charge in [0.2, 0.25) is 5.88 Å². The standard InChI is InChI=1S/C23H25N3O9S.Na/c1-4-5-11-24-21(27)16(22(28)25(23(24)29)15(3)35-30)7-9-19-26(12-10-20(26)36(31,32)33)17-13-14(2)6-8-18(17)34-19;/h6-9,13,20H,3-5,10-12H2,1-2H3,(H-,30,31,32,33);/q;+1. The van der Waals surface area contributed by atoms with Crippen LogP contribution in [0.2, 0.25) is 0 Å². The zero-order valence-electron chi connectivity index (χ0n) is 20.7. The summed E-state index contributed by atoms with van der Waals surface area (Å²) in [6.07, 6.45) is 3.58. The molecule has 4 amide bonds. The van der Waals surface area contributed by atoms with Gasteiger partial charge in [-0.25, -0.2) is 23.0 Å². The maximum Gasteiger partial charge on any atom is 1.00 e. The third-order valence-electron chi connectivity index (χ3n) is 6.52. The first-order chi connectivity index (χ1) is 17.0. The zero-order valence-corrected chi connectivity index (χ0v) is 23.5. The van der Waals surface area contributed by atoms with E-state index in [-0.39, 0.29) is 55.0 Å². The van der Waals surface area contributed by atoms with E-state index in [1.165, 1.54) is 6.08 Å². The van der Waals surface area contributed by atoms with Crippen LogP contribution in [0.15, 0.2) is 54.3 Å². The molecule has 2 atom stereocenters. The van der Waals surface area contributed by atoms with Crippen molar-refractivity contribution >= 4 is 33.7 Å². The molecular weight excluding hydrogens is 517 g/mol. The van der Waals surface area contributed by atoms with Crippen molar-refractivity contribution in [2.45, 2.75) is 38.5 Å². The Morgan fingerprint density at radius 1 is 1.30 bits per heavy atom. The second-order valence-electron chi connectivity index (χ2n) is 8.71. The molecule has 1 aromatic carbocycles. The van der Waals surface area contributed by atoms with E-state index in [0.717, 1.165) is 16.5 Å². The number of rotatable bonds is 7. The third kappa shape index (κ3) is 4.76. The Labute approximate surface area is 236 Å². The summed E-state index contributed by atoms with van der Waals surface area (Å²) in [5, 5.41) is 7.64.